The first-order valence-electron chi connectivity index (χ1n) is 6.04. The molecule has 0 amide bonds. The van der Waals surface area contributed by atoms with Gasteiger partial charge >= 0.3 is 0 Å². The highest BCUT2D eigenvalue weighted by molar-refractivity contribution is 5.66. The third-order valence-electron chi connectivity index (χ3n) is 3.18. The molecule has 6 heteroatoms. The summed E-state index contributed by atoms with van der Waals surface area (Å²) < 4.78 is 5.47. The van der Waals surface area contributed by atoms with Crippen molar-refractivity contribution in [3.8, 4) is 11.8 Å². The van der Waals surface area contributed by atoms with E-state index < -0.39 is 0 Å². The molecule has 6 nitrogen and oxygen atoms in total. The molecule has 1 aliphatic heterocycles. The number of nitrogens with one attached hydrogen (secondary N) is 1. The van der Waals surface area contributed by atoms with Crippen molar-refractivity contribution < 1.29 is 4.74 Å². The predicted molar refractivity (Wildman–Crippen MR) is 71.0 cm³/mol. The monoisotopic (exact) mass is 249 g/mol. The van der Waals surface area contributed by atoms with E-state index >= 15 is 0 Å². The largest absolute Gasteiger partial charge is 0.382 e. The van der Waals surface area contributed by atoms with E-state index in [0.717, 1.165) is 24.3 Å². The van der Waals surface area contributed by atoms with E-state index in [9.17, 15) is 0 Å². The zero-order chi connectivity index (χ0) is 13.1. The third kappa shape index (κ3) is 2.03. The van der Waals surface area contributed by atoms with Gasteiger partial charge in [0.05, 0.1) is 18.0 Å². The zero-order valence-corrected chi connectivity index (χ0v) is 10.7. The summed E-state index contributed by atoms with van der Waals surface area (Å²) >= 11 is 0. The number of hydrogen-bond acceptors (Lipinski definition) is 5. The van der Waals surface area contributed by atoms with Gasteiger partial charge in [0.1, 0.15) is 12.0 Å². The van der Waals surface area contributed by atoms with Crippen LogP contribution in [0.15, 0.2) is 0 Å². The van der Waals surface area contributed by atoms with Crippen molar-refractivity contribution >= 4 is 11.6 Å². The van der Waals surface area contributed by atoms with E-state index in [1.807, 2.05) is 0 Å². The Morgan fingerprint density at radius 3 is 3.06 bits per heavy atom. The quantitative estimate of drug-likeness (QED) is 0.667. The van der Waals surface area contributed by atoms with Crippen molar-refractivity contribution in [1.29, 1.82) is 0 Å². The molecule has 1 unspecified atom stereocenters. The summed E-state index contributed by atoms with van der Waals surface area (Å²) in [6, 6.07) is 0. The number of hydrogen-bond donors (Lipinski definition) is 3. The maximum atomic E-state index is 5.89. The molecule has 1 aromatic heterocycles. The first kappa shape index (κ1) is 12.7. The molecule has 98 valence electrons. The van der Waals surface area contributed by atoms with Gasteiger partial charge in [0.2, 0.25) is 0 Å². The summed E-state index contributed by atoms with van der Waals surface area (Å²) in [5, 5.41) is 7.02. The number of methoxy groups -OCH3 is 1. The summed E-state index contributed by atoms with van der Waals surface area (Å²) in [5.41, 5.74) is 12.3. The van der Waals surface area contributed by atoms with E-state index in [2.05, 4.69) is 33.9 Å². The van der Waals surface area contributed by atoms with Crippen LogP contribution in [0.3, 0.4) is 0 Å². The van der Waals surface area contributed by atoms with E-state index in [1.54, 1.807) is 7.11 Å². The molecule has 0 aromatic carbocycles. The number of aromatic nitrogens is 2. The number of anilines is 2. The minimum Gasteiger partial charge on any atom is -0.382 e. The Labute approximate surface area is 107 Å². The highest BCUT2D eigenvalue weighted by Crippen LogP contribution is 2.39. The summed E-state index contributed by atoms with van der Waals surface area (Å²) in [5.74, 6) is 7.51. The number of aromatic amines is 1. The number of ether oxygens (including phenoxy) is 1. The fourth-order valence-corrected chi connectivity index (χ4v) is 2.37. The zero-order valence-electron chi connectivity index (χ0n) is 10.7. The fraction of sp³-hybridized carbons (Fsp3) is 0.583. The Bertz CT molecular complexity index is 469. The lowest BCUT2D eigenvalue weighted by molar-refractivity contribution is 0.0964. The maximum absolute atomic E-state index is 5.89. The predicted octanol–water partition coefficient (Wildman–Crippen LogP) is 0.240. The number of nitrogens with zero attached hydrogens (tertiary/aromatic N) is 2. The highest BCUT2D eigenvalue weighted by atomic mass is 16.5. The Hall–Kier alpha value is -1.71. The minimum absolute atomic E-state index is 0.00766. The van der Waals surface area contributed by atoms with Crippen LogP contribution in [0.4, 0.5) is 11.6 Å². The molecule has 1 aliphatic rings. The molecule has 0 spiro atoms. The first-order valence-corrected chi connectivity index (χ1v) is 6.04. The average Bonchev–Trinajstić information content (AvgIpc) is 2.91. The number of nitrogen functional groups attached to an aromatic ring is 1. The molecular weight excluding hydrogens is 230 g/mol. The van der Waals surface area contributed by atoms with Gasteiger partial charge in [0, 0.05) is 13.7 Å². The SMILES string of the molecule is CC[C@@H](OC)N1CC(C#CCN)c2c(N)n[nH]c21. The molecule has 2 atom stereocenters. The van der Waals surface area contributed by atoms with Gasteiger partial charge < -0.3 is 21.1 Å². The van der Waals surface area contributed by atoms with Crippen LogP contribution in [0.1, 0.15) is 24.8 Å². The van der Waals surface area contributed by atoms with Gasteiger partial charge in [-0.05, 0) is 6.42 Å². The van der Waals surface area contributed by atoms with Gasteiger partial charge in [-0.2, -0.15) is 5.10 Å². The van der Waals surface area contributed by atoms with Crippen molar-refractivity contribution in [3.05, 3.63) is 5.56 Å². The molecule has 1 aromatic rings. The maximum Gasteiger partial charge on any atom is 0.151 e. The summed E-state index contributed by atoms with van der Waals surface area (Å²) in [6.07, 6.45) is 0.889. The second-order valence-corrected chi connectivity index (χ2v) is 4.20. The summed E-state index contributed by atoms with van der Waals surface area (Å²) in [7, 11) is 1.70. The van der Waals surface area contributed by atoms with Crippen LogP contribution in [0.2, 0.25) is 0 Å². The van der Waals surface area contributed by atoms with Crippen LogP contribution in [0.5, 0.6) is 0 Å². The van der Waals surface area contributed by atoms with Crippen molar-refractivity contribution in [2.45, 2.75) is 25.5 Å². The lowest BCUT2D eigenvalue weighted by atomic mass is 10.1. The van der Waals surface area contributed by atoms with Gasteiger partial charge in [0.25, 0.3) is 0 Å². The second kappa shape index (κ2) is 5.29. The smallest absolute Gasteiger partial charge is 0.151 e. The van der Waals surface area contributed by atoms with Crippen LogP contribution in [0.25, 0.3) is 0 Å². The van der Waals surface area contributed by atoms with Crippen LogP contribution in [-0.4, -0.2) is 36.6 Å². The molecule has 2 rings (SSSR count). The number of nitrogens with two attached hydrogens (primary N) is 2. The van der Waals surface area contributed by atoms with Gasteiger partial charge in [-0.25, -0.2) is 0 Å². The van der Waals surface area contributed by atoms with Crippen LogP contribution >= 0.6 is 0 Å². The molecular formula is C12H19N5O. The van der Waals surface area contributed by atoms with E-state index in [4.69, 9.17) is 16.2 Å². The fourth-order valence-electron chi connectivity index (χ4n) is 2.37. The van der Waals surface area contributed by atoms with Gasteiger partial charge in [0.15, 0.2) is 5.82 Å². The third-order valence-corrected chi connectivity index (χ3v) is 3.18. The van der Waals surface area contributed by atoms with Crippen LogP contribution in [-0.2, 0) is 4.74 Å². The Kier molecular flexibility index (Phi) is 3.75. The molecule has 0 saturated heterocycles. The molecule has 2 heterocycles. The van der Waals surface area contributed by atoms with Crippen LogP contribution in [0, 0.1) is 11.8 Å². The molecule has 5 N–H and O–H groups in total. The topological polar surface area (TPSA) is 93.2 Å². The molecule has 0 fully saturated rings. The van der Waals surface area contributed by atoms with E-state index in [1.165, 1.54) is 0 Å². The number of rotatable bonds is 3. The van der Waals surface area contributed by atoms with Crippen molar-refractivity contribution in [2.75, 3.05) is 30.8 Å². The van der Waals surface area contributed by atoms with Crippen molar-refractivity contribution in [3.63, 3.8) is 0 Å². The second-order valence-electron chi connectivity index (χ2n) is 4.20. The van der Waals surface area contributed by atoms with Gasteiger partial charge in [-0.15, -0.1) is 0 Å². The number of H-pyrrole nitrogens is 1. The van der Waals surface area contributed by atoms with Crippen molar-refractivity contribution in [1.82, 2.24) is 10.2 Å². The molecule has 0 saturated carbocycles. The molecule has 0 aliphatic carbocycles. The van der Waals surface area contributed by atoms with E-state index in [-0.39, 0.29) is 12.1 Å². The van der Waals surface area contributed by atoms with Crippen molar-refractivity contribution in [2.24, 2.45) is 5.73 Å². The van der Waals surface area contributed by atoms with E-state index in [0.29, 0.717) is 12.4 Å². The number of fused-ring (bicyclic) bond motifs is 1. The Morgan fingerprint density at radius 1 is 1.67 bits per heavy atom. The van der Waals surface area contributed by atoms with Gasteiger partial charge in [-0.3, -0.25) is 5.10 Å². The standard InChI is InChI=1S/C12H19N5O/c1-3-9(18-2)17-7-8(5-4-6-13)10-11(14)15-16-12(10)17/h8-9H,3,6-7,13H2,1-2H3,(H3,14,15,16)/t8?,9-/m1/s1. The molecule has 18 heavy (non-hydrogen) atoms. The molecule has 0 radical (unpaired) electrons. The Balaban J connectivity index is 2.33. The van der Waals surface area contributed by atoms with Crippen LogP contribution < -0.4 is 16.4 Å². The Morgan fingerprint density at radius 2 is 2.44 bits per heavy atom. The van der Waals surface area contributed by atoms with Gasteiger partial charge in [-0.1, -0.05) is 18.8 Å². The summed E-state index contributed by atoms with van der Waals surface area (Å²) in [6.45, 7) is 3.19. The lowest BCUT2D eigenvalue weighted by Crippen LogP contribution is -2.35. The highest BCUT2D eigenvalue weighted by Gasteiger charge is 2.35. The minimum atomic E-state index is 0.00766. The summed E-state index contributed by atoms with van der Waals surface area (Å²) in [4.78, 5) is 2.12. The lowest BCUT2D eigenvalue weighted by Gasteiger charge is -2.26. The molecule has 0 bridgehead atoms. The normalized spacial score (nSPS) is 19.3. The first-order chi connectivity index (χ1) is 8.72. The average molecular weight is 249 g/mol.